The molecule has 0 aromatic carbocycles. The van der Waals surface area contributed by atoms with Crippen LogP contribution >= 0.6 is 11.3 Å². The molecule has 1 saturated heterocycles. The summed E-state index contributed by atoms with van der Waals surface area (Å²) in [5, 5.41) is 9.93. The van der Waals surface area contributed by atoms with Crippen LogP contribution in [0.2, 0.25) is 0 Å². The van der Waals surface area contributed by atoms with Gasteiger partial charge in [-0.15, -0.1) is 11.3 Å². The van der Waals surface area contributed by atoms with E-state index >= 15 is 0 Å². The number of rotatable bonds is 7. The van der Waals surface area contributed by atoms with Crippen molar-refractivity contribution in [2.75, 3.05) is 31.1 Å². The number of guanidine groups is 1. The molecule has 3 heterocycles. The summed E-state index contributed by atoms with van der Waals surface area (Å²) in [7, 11) is 0. The van der Waals surface area contributed by atoms with E-state index in [2.05, 4.69) is 56.9 Å². The van der Waals surface area contributed by atoms with Gasteiger partial charge in [0.1, 0.15) is 5.82 Å². The van der Waals surface area contributed by atoms with Crippen LogP contribution in [0.5, 0.6) is 0 Å². The highest BCUT2D eigenvalue weighted by Crippen LogP contribution is 2.21. The molecule has 0 spiro atoms. The Hall–Kier alpha value is -2.15. The average Bonchev–Trinajstić information content (AvgIpc) is 3.12. The maximum atomic E-state index is 4.70. The molecule has 2 aromatic heterocycles. The molecule has 1 aliphatic heterocycles. The quantitative estimate of drug-likeness (QED) is 0.551. The van der Waals surface area contributed by atoms with E-state index in [1.807, 2.05) is 13.1 Å². The first-order chi connectivity index (χ1) is 13.6. The molecule has 1 fully saturated rings. The van der Waals surface area contributed by atoms with Crippen molar-refractivity contribution in [2.24, 2.45) is 10.9 Å². The number of pyridine rings is 1. The van der Waals surface area contributed by atoms with Crippen molar-refractivity contribution >= 4 is 23.1 Å². The van der Waals surface area contributed by atoms with Crippen molar-refractivity contribution in [1.29, 1.82) is 0 Å². The monoisotopic (exact) mass is 400 g/mol. The number of thiazole rings is 1. The molecule has 152 valence electrons. The third-order valence-electron chi connectivity index (χ3n) is 5.02. The summed E-state index contributed by atoms with van der Waals surface area (Å²) in [5.74, 6) is 2.76. The van der Waals surface area contributed by atoms with E-state index in [1.165, 1.54) is 12.8 Å². The van der Waals surface area contributed by atoms with Gasteiger partial charge in [0.25, 0.3) is 0 Å². The van der Waals surface area contributed by atoms with E-state index in [1.54, 1.807) is 11.3 Å². The van der Waals surface area contributed by atoms with Crippen molar-refractivity contribution in [2.45, 2.75) is 46.6 Å². The second-order valence-electron chi connectivity index (χ2n) is 7.42. The maximum absolute atomic E-state index is 4.70. The highest BCUT2D eigenvalue weighted by Gasteiger charge is 2.16. The van der Waals surface area contributed by atoms with Gasteiger partial charge < -0.3 is 15.5 Å². The molecule has 0 atom stereocenters. The third kappa shape index (κ3) is 6.19. The van der Waals surface area contributed by atoms with Gasteiger partial charge in [0, 0.05) is 44.2 Å². The predicted molar refractivity (Wildman–Crippen MR) is 118 cm³/mol. The normalized spacial score (nSPS) is 15.7. The van der Waals surface area contributed by atoms with Crippen LogP contribution in [-0.2, 0) is 13.0 Å². The molecule has 0 amide bonds. The first-order valence-electron chi connectivity index (χ1n) is 10.3. The van der Waals surface area contributed by atoms with E-state index < -0.39 is 0 Å². The van der Waals surface area contributed by atoms with E-state index in [9.17, 15) is 0 Å². The van der Waals surface area contributed by atoms with Gasteiger partial charge in [-0.2, -0.15) is 0 Å². The van der Waals surface area contributed by atoms with Crippen molar-refractivity contribution < 1.29 is 0 Å². The van der Waals surface area contributed by atoms with Crippen molar-refractivity contribution in [3.63, 3.8) is 0 Å². The summed E-state index contributed by atoms with van der Waals surface area (Å²) in [6, 6.07) is 4.28. The van der Waals surface area contributed by atoms with Crippen LogP contribution < -0.4 is 15.5 Å². The van der Waals surface area contributed by atoms with Crippen LogP contribution in [-0.4, -0.2) is 42.1 Å². The Balaban J connectivity index is 1.50. The van der Waals surface area contributed by atoms with E-state index in [0.717, 1.165) is 66.6 Å². The molecule has 2 N–H and O–H groups in total. The lowest BCUT2D eigenvalue weighted by molar-refractivity contribution is 0.436. The lowest BCUT2D eigenvalue weighted by atomic mass is 9.99. The minimum absolute atomic E-state index is 0.620. The van der Waals surface area contributed by atoms with Crippen LogP contribution in [0, 0.1) is 12.8 Å². The van der Waals surface area contributed by atoms with Crippen molar-refractivity contribution in [1.82, 2.24) is 20.6 Å². The zero-order valence-electron chi connectivity index (χ0n) is 17.2. The van der Waals surface area contributed by atoms with E-state index in [-0.39, 0.29) is 0 Å². The molecule has 3 rings (SSSR count). The Morgan fingerprint density at radius 3 is 2.75 bits per heavy atom. The summed E-state index contributed by atoms with van der Waals surface area (Å²) in [4.78, 5) is 16.3. The van der Waals surface area contributed by atoms with E-state index in [0.29, 0.717) is 6.54 Å². The van der Waals surface area contributed by atoms with Crippen molar-refractivity contribution in [3.8, 4) is 0 Å². The lowest BCUT2D eigenvalue weighted by Crippen LogP contribution is -2.38. The van der Waals surface area contributed by atoms with Gasteiger partial charge in [-0.3, -0.25) is 0 Å². The number of piperidine rings is 1. The van der Waals surface area contributed by atoms with Gasteiger partial charge in [-0.1, -0.05) is 13.0 Å². The fourth-order valence-corrected chi connectivity index (χ4v) is 3.93. The largest absolute Gasteiger partial charge is 0.357 e. The summed E-state index contributed by atoms with van der Waals surface area (Å²) in [6.45, 7) is 11.0. The van der Waals surface area contributed by atoms with Crippen LogP contribution in [0.4, 0.5) is 5.82 Å². The lowest BCUT2D eigenvalue weighted by Gasteiger charge is -2.31. The van der Waals surface area contributed by atoms with Crippen LogP contribution in [0.1, 0.15) is 43.0 Å². The number of nitrogens with one attached hydrogen (secondary N) is 2. The fourth-order valence-electron chi connectivity index (χ4n) is 3.28. The maximum Gasteiger partial charge on any atom is 0.191 e. The van der Waals surface area contributed by atoms with Gasteiger partial charge in [0.05, 0.1) is 17.2 Å². The molecule has 0 aliphatic carbocycles. The standard InChI is InChI=1S/C21H32N6S/c1-4-22-21(23-10-7-19-15-28-17(3)26-19)25-14-18-5-6-20(24-13-18)27-11-8-16(2)9-12-27/h5-6,13,15-16H,4,7-12,14H2,1-3H3,(H2,22,23,25). The molecule has 2 aromatic rings. The fraction of sp³-hybridized carbons (Fsp3) is 0.571. The van der Waals surface area contributed by atoms with Gasteiger partial charge in [-0.25, -0.2) is 15.0 Å². The Kier molecular flexibility index (Phi) is 7.65. The summed E-state index contributed by atoms with van der Waals surface area (Å²) in [6.07, 6.45) is 5.37. The molecule has 0 unspecified atom stereocenters. The number of nitrogens with zero attached hydrogens (tertiary/aromatic N) is 4. The molecule has 0 saturated carbocycles. The van der Waals surface area contributed by atoms with Crippen LogP contribution in [0.25, 0.3) is 0 Å². The third-order valence-corrected chi connectivity index (χ3v) is 5.84. The zero-order valence-corrected chi connectivity index (χ0v) is 18.1. The Bertz CT molecular complexity index is 747. The Morgan fingerprint density at radius 1 is 1.29 bits per heavy atom. The second-order valence-corrected chi connectivity index (χ2v) is 8.49. The number of aromatic nitrogens is 2. The highest BCUT2D eigenvalue weighted by atomic mass is 32.1. The van der Waals surface area contributed by atoms with Gasteiger partial charge in [0.15, 0.2) is 5.96 Å². The number of anilines is 1. The number of hydrogen-bond acceptors (Lipinski definition) is 5. The topological polar surface area (TPSA) is 65.4 Å². The number of aryl methyl sites for hydroxylation is 1. The average molecular weight is 401 g/mol. The molecule has 1 aliphatic rings. The molecule has 28 heavy (non-hydrogen) atoms. The minimum atomic E-state index is 0.620. The first-order valence-corrected chi connectivity index (χ1v) is 11.1. The summed E-state index contributed by atoms with van der Waals surface area (Å²) >= 11 is 1.70. The van der Waals surface area contributed by atoms with E-state index in [4.69, 9.17) is 4.99 Å². The Morgan fingerprint density at radius 2 is 2.11 bits per heavy atom. The van der Waals surface area contributed by atoms with Crippen LogP contribution in [0.15, 0.2) is 28.7 Å². The summed E-state index contributed by atoms with van der Waals surface area (Å²) < 4.78 is 0. The highest BCUT2D eigenvalue weighted by molar-refractivity contribution is 7.09. The first kappa shape index (κ1) is 20.6. The smallest absolute Gasteiger partial charge is 0.191 e. The van der Waals surface area contributed by atoms with Gasteiger partial charge in [-0.05, 0) is 44.2 Å². The van der Waals surface area contributed by atoms with Crippen LogP contribution in [0.3, 0.4) is 0 Å². The van der Waals surface area contributed by atoms with Crippen molar-refractivity contribution in [3.05, 3.63) is 40.0 Å². The molecular weight excluding hydrogens is 368 g/mol. The molecule has 0 radical (unpaired) electrons. The molecule has 6 nitrogen and oxygen atoms in total. The second kappa shape index (κ2) is 10.4. The summed E-state index contributed by atoms with van der Waals surface area (Å²) in [5.41, 5.74) is 2.26. The molecule has 7 heteroatoms. The zero-order chi connectivity index (χ0) is 19.8. The number of aliphatic imine (C=N–C) groups is 1. The number of hydrogen-bond donors (Lipinski definition) is 2. The minimum Gasteiger partial charge on any atom is -0.357 e. The van der Waals surface area contributed by atoms with Gasteiger partial charge in [0.2, 0.25) is 0 Å². The molecular formula is C21H32N6S. The van der Waals surface area contributed by atoms with Gasteiger partial charge >= 0.3 is 0 Å². The SMILES string of the molecule is CCNC(=NCc1ccc(N2CCC(C)CC2)nc1)NCCc1csc(C)n1. The molecule has 0 bridgehead atoms. The predicted octanol–water partition coefficient (Wildman–Crippen LogP) is 3.38. The Labute approximate surface area is 172 Å².